The van der Waals surface area contributed by atoms with Gasteiger partial charge in [0, 0.05) is 46.2 Å². The average molecular weight is 483 g/mol. The molecular weight excluding hydrogens is 453 g/mol. The largest absolute Gasteiger partial charge is 0.385 e. The van der Waals surface area contributed by atoms with E-state index in [9.17, 15) is 0 Å². The van der Waals surface area contributed by atoms with Crippen LogP contribution < -0.4 is 10.6 Å². The van der Waals surface area contributed by atoms with Crippen LogP contribution in [-0.4, -0.2) is 43.0 Å². The number of para-hydroxylation sites is 1. The van der Waals surface area contributed by atoms with Crippen LogP contribution in [0.4, 0.5) is 0 Å². The lowest BCUT2D eigenvalue weighted by Gasteiger charge is -2.42. The first-order chi connectivity index (χ1) is 12.8. The van der Waals surface area contributed by atoms with Crippen molar-refractivity contribution < 1.29 is 4.74 Å². The molecular formula is C20H30IN5O. The summed E-state index contributed by atoms with van der Waals surface area (Å²) in [6.45, 7) is 2.46. The van der Waals surface area contributed by atoms with E-state index in [1.165, 1.54) is 24.8 Å². The molecule has 0 saturated heterocycles. The van der Waals surface area contributed by atoms with Gasteiger partial charge in [-0.15, -0.1) is 24.0 Å². The van der Waals surface area contributed by atoms with Crippen molar-refractivity contribution in [3.8, 4) is 5.69 Å². The number of nitrogens with one attached hydrogen (secondary N) is 2. The second-order valence-electron chi connectivity index (χ2n) is 6.96. The highest BCUT2D eigenvalue weighted by Gasteiger charge is 2.36. The van der Waals surface area contributed by atoms with E-state index in [-0.39, 0.29) is 24.0 Å². The Balaban J connectivity index is 0.00000261. The molecule has 0 unspecified atom stereocenters. The second-order valence-corrected chi connectivity index (χ2v) is 6.96. The van der Waals surface area contributed by atoms with Gasteiger partial charge in [0.15, 0.2) is 5.96 Å². The van der Waals surface area contributed by atoms with Gasteiger partial charge >= 0.3 is 0 Å². The Morgan fingerprint density at radius 1 is 1.26 bits per heavy atom. The summed E-state index contributed by atoms with van der Waals surface area (Å²) >= 11 is 0. The number of halogens is 1. The third-order valence-corrected chi connectivity index (χ3v) is 5.29. The zero-order valence-corrected chi connectivity index (χ0v) is 18.5. The molecule has 0 aliphatic heterocycles. The Morgan fingerprint density at radius 2 is 2.07 bits per heavy atom. The van der Waals surface area contributed by atoms with Crippen molar-refractivity contribution >= 4 is 29.9 Å². The molecule has 0 atom stereocenters. The van der Waals surface area contributed by atoms with Gasteiger partial charge in [-0.05, 0) is 42.4 Å². The van der Waals surface area contributed by atoms with Gasteiger partial charge in [-0.25, -0.2) is 4.68 Å². The predicted molar refractivity (Wildman–Crippen MR) is 120 cm³/mol. The molecule has 1 heterocycles. The van der Waals surface area contributed by atoms with Crippen molar-refractivity contribution in [3.63, 3.8) is 0 Å². The van der Waals surface area contributed by atoms with Gasteiger partial charge in [0.25, 0.3) is 0 Å². The fourth-order valence-electron chi connectivity index (χ4n) is 3.48. The van der Waals surface area contributed by atoms with Gasteiger partial charge in [-0.1, -0.05) is 24.6 Å². The highest BCUT2D eigenvalue weighted by atomic mass is 127. The van der Waals surface area contributed by atoms with Crippen molar-refractivity contribution in [2.24, 2.45) is 10.4 Å². The smallest absolute Gasteiger partial charge is 0.191 e. The molecule has 0 bridgehead atoms. The van der Waals surface area contributed by atoms with Crippen LogP contribution in [0.15, 0.2) is 47.7 Å². The first kappa shape index (κ1) is 21.7. The molecule has 1 aliphatic carbocycles. The van der Waals surface area contributed by atoms with Crippen molar-refractivity contribution in [1.29, 1.82) is 0 Å². The topological polar surface area (TPSA) is 63.5 Å². The van der Waals surface area contributed by atoms with Crippen LogP contribution in [0.25, 0.3) is 5.69 Å². The molecule has 1 fully saturated rings. The van der Waals surface area contributed by atoms with Crippen molar-refractivity contribution in [2.45, 2.75) is 32.2 Å². The molecule has 6 nitrogen and oxygen atoms in total. The standard InChI is InChI=1S/C20H29N5O.HI/c1-21-19(23-16-20(9-5-10-20)11-14-26-2)22-15-17-7-3-4-8-18(17)25-13-6-12-24-25;/h3-4,6-8,12-13H,5,9-11,14-16H2,1-2H3,(H2,21,22,23);1H. The SMILES string of the molecule is CN=C(NCc1ccccc1-n1cccn1)NCC1(CCOC)CCC1.I. The molecule has 3 rings (SSSR count). The second kappa shape index (κ2) is 10.7. The molecule has 0 amide bonds. The van der Waals surface area contributed by atoms with Crippen LogP contribution in [0.3, 0.4) is 0 Å². The van der Waals surface area contributed by atoms with Gasteiger partial charge in [0.1, 0.15) is 0 Å². The van der Waals surface area contributed by atoms with Crippen LogP contribution in [0.2, 0.25) is 0 Å². The fraction of sp³-hybridized carbons (Fsp3) is 0.500. The summed E-state index contributed by atoms with van der Waals surface area (Å²) < 4.78 is 7.17. The molecule has 1 aromatic carbocycles. The van der Waals surface area contributed by atoms with E-state index in [0.717, 1.165) is 31.2 Å². The van der Waals surface area contributed by atoms with E-state index in [2.05, 4.69) is 32.9 Å². The maximum absolute atomic E-state index is 5.28. The maximum Gasteiger partial charge on any atom is 0.191 e. The molecule has 148 valence electrons. The molecule has 2 N–H and O–H groups in total. The summed E-state index contributed by atoms with van der Waals surface area (Å²) in [6.07, 6.45) is 8.71. The number of rotatable bonds is 8. The molecule has 7 heteroatoms. The summed E-state index contributed by atoms with van der Waals surface area (Å²) in [7, 11) is 3.59. The average Bonchev–Trinajstić information content (AvgIpc) is 3.17. The number of nitrogens with zero attached hydrogens (tertiary/aromatic N) is 3. The van der Waals surface area contributed by atoms with E-state index >= 15 is 0 Å². The van der Waals surface area contributed by atoms with E-state index in [0.29, 0.717) is 12.0 Å². The quantitative estimate of drug-likeness (QED) is 0.344. The summed E-state index contributed by atoms with van der Waals surface area (Å²) in [5, 5.41) is 11.3. The zero-order chi connectivity index (χ0) is 18.2. The molecule has 0 spiro atoms. The summed E-state index contributed by atoms with van der Waals surface area (Å²) in [4.78, 5) is 4.38. The first-order valence-corrected chi connectivity index (χ1v) is 9.28. The molecule has 1 aromatic heterocycles. The van der Waals surface area contributed by atoms with Gasteiger partial charge in [-0.3, -0.25) is 4.99 Å². The molecule has 0 radical (unpaired) electrons. The number of guanidine groups is 1. The van der Waals surface area contributed by atoms with Crippen LogP contribution in [0, 0.1) is 5.41 Å². The van der Waals surface area contributed by atoms with E-state index in [4.69, 9.17) is 4.74 Å². The molecule has 27 heavy (non-hydrogen) atoms. The van der Waals surface area contributed by atoms with Gasteiger partial charge < -0.3 is 15.4 Å². The minimum Gasteiger partial charge on any atom is -0.385 e. The molecule has 2 aromatic rings. The normalized spacial score (nSPS) is 15.6. The first-order valence-electron chi connectivity index (χ1n) is 9.28. The minimum atomic E-state index is 0. The lowest BCUT2D eigenvalue weighted by atomic mass is 9.67. The molecule has 1 saturated carbocycles. The van der Waals surface area contributed by atoms with Gasteiger partial charge in [0.2, 0.25) is 0 Å². The lowest BCUT2D eigenvalue weighted by molar-refractivity contribution is 0.0732. The third kappa shape index (κ3) is 5.68. The van der Waals surface area contributed by atoms with E-state index in [1.807, 2.05) is 36.1 Å². The van der Waals surface area contributed by atoms with Crippen molar-refractivity contribution in [1.82, 2.24) is 20.4 Å². The maximum atomic E-state index is 5.28. The summed E-state index contributed by atoms with van der Waals surface area (Å²) in [5.74, 6) is 0.837. The minimum absolute atomic E-state index is 0. The van der Waals surface area contributed by atoms with Gasteiger partial charge in [0.05, 0.1) is 5.69 Å². The fourth-order valence-corrected chi connectivity index (χ4v) is 3.48. The van der Waals surface area contributed by atoms with Crippen LogP contribution in [0.5, 0.6) is 0 Å². The Labute approximate surface area is 178 Å². The monoisotopic (exact) mass is 483 g/mol. The number of aromatic nitrogens is 2. The van der Waals surface area contributed by atoms with Crippen molar-refractivity contribution in [2.75, 3.05) is 27.3 Å². The van der Waals surface area contributed by atoms with Crippen LogP contribution in [-0.2, 0) is 11.3 Å². The Bertz CT molecular complexity index is 713. The number of methoxy groups -OCH3 is 1. The number of ether oxygens (including phenoxy) is 1. The highest BCUT2D eigenvalue weighted by Crippen LogP contribution is 2.43. The Hall–Kier alpha value is -1.61. The number of hydrogen-bond donors (Lipinski definition) is 2. The van der Waals surface area contributed by atoms with E-state index in [1.54, 1.807) is 13.3 Å². The Kier molecular flexibility index (Phi) is 8.56. The molecule has 1 aliphatic rings. The highest BCUT2D eigenvalue weighted by molar-refractivity contribution is 14.0. The van der Waals surface area contributed by atoms with Crippen LogP contribution >= 0.6 is 24.0 Å². The number of aliphatic imine (C=N–C) groups is 1. The van der Waals surface area contributed by atoms with Crippen LogP contribution in [0.1, 0.15) is 31.2 Å². The third-order valence-electron chi connectivity index (χ3n) is 5.29. The lowest BCUT2D eigenvalue weighted by Crippen LogP contribution is -2.46. The summed E-state index contributed by atoms with van der Waals surface area (Å²) in [5.41, 5.74) is 2.62. The summed E-state index contributed by atoms with van der Waals surface area (Å²) in [6, 6.07) is 10.2. The zero-order valence-electron chi connectivity index (χ0n) is 16.1. The number of benzene rings is 1. The van der Waals surface area contributed by atoms with Crippen molar-refractivity contribution in [3.05, 3.63) is 48.3 Å². The predicted octanol–water partition coefficient (Wildman–Crippen LogP) is 3.36. The van der Waals surface area contributed by atoms with E-state index < -0.39 is 0 Å². The van der Waals surface area contributed by atoms with Gasteiger partial charge in [-0.2, -0.15) is 5.10 Å². The number of hydrogen-bond acceptors (Lipinski definition) is 3. The Morgan fingerprint density at radius 3 is 2.70 bits per heavy atom.